The Morgan fingerprint density at radius 1 is 1.28 bits per heavy atom. The standard InChI is InChI=1S/C23H26FNO7/c1-23(2)11-32-20-13-9-16(31-7-5-6-29-3)15(30-4)8-12(13)18-17(24)19(26)14(22(27)28)10-25(18)21(20)23/h8-10,20-21H,5-7,11H2,1-4H3,(H,27,28)/t20-,21+/m0/s1. The van der Waals surface area contributed by atoms with Gasteiger partial charge >= 0.3 is 5.97 Å². The molecular weight excluding hydrogens is 421 g/mol. The zero-order chi connectivity index (χ0) is 23.2. The Balaban J connectivity index is 1.94. The summed E-state index contributed by atoms with van der Waals surface area (Å²) in [5, 5.41) is 9.44. The fourth-order valence-corrected chi connectivity index (χ4v) is 4.58. The van der Waals surface area contributed by atoms with Gasteiger partial charge in [-0.05, 0) is 17.7 Å². The van der Waals surface area contributed by atoms with Crippen LogP contribution < -0.4 is 14.9 Å². The lowest BCUT2D eigenvalue weighted by molar-refractivity contribution is 0.0690. The average molecular weight is 447 g/mol. The highest BCUT2D eigenvalue weighted by molar-refractivity contribution is 5.88. The van der Waals surface area contributed by atoms with Gasteiger partial charge in [-0.1, -0.05) is 13.8 Å². The molecule has 1 aromatic heterocycles. The molecule has 0 radical (unpaired) electrons. The molecule has 32 heavy (non-hydrogen) atoms. The van der Waals surface area contributed by atoms with E-state index in [1.807, 2.05) is 13.8 Å². The lowest BCUT2D eigenvalue weighted by atomic mass is 9.78. The molecule has 172 valence electrons. The van der Waals surface area contributed by atoms with Crippen molar-refractivity contribution in [2.24, 2.45) is 5.41 Å². The van der Waals surface area contributed by atoms with Crippen molar-refractivity contribution in [1.29, 1.82) is 0 Å². The maximum Gasteiger partial charge on any atom is 0.341 e. The number of carbonyl (C=O) groups is 1. The normalized spacial score (nSPS) is 20.3. The van der Waals surface area contributed by atoms with Crippen LogP contribution in [0.2, 0.25) is 0 Å². The van der Waals surface area contributed by atoms with Crippen molar-refractivity contribution in [2.75, 3.05) is 34.0 Å². The maximum absolute atomic E-state index is 15.4. The Hall–Kier alpha value is -2.91. The molecule has 2 aliphatic rings. The molecule has 1 saturated heterocycles. The fraction of sp³-hybridized carbons (Fsp3) is 0.478. The Labute approximate surface area is 184 Å². The molecule has 1 fully saturated rings. The topological polar surface area (TPSA) is 96.2 Å². The molecule has 0 bridgehead atoms. The molecule has 2 aromatic rings. The van der Waals surface area contributed by atoms with Gasteiger partial charge in [-0.25, -0.2) is 9.18 Å². The van der Waals surface area contributed by atoms with Crippen LogP contribution in [-0.4, -0.2) is 49.7 Å². The van der Waals surface area contributed by atoms with Crippen molar-refractivity contribution in [3.63, 3.8) is 0 Å². The van der Waals surface area contributed by atoms with Crippen LogP contribution >= 0.6 is 0 Å². The molecule has 1 N–H and O–H groups in total. The van der Waals surface area contributed by atoms with Crippen LogP contribution in [0.4, 0.5) is 4.39 Å². The Morgan fingerprint density at radius 2 is 2.03 bits per heavy atom. The Morgan fingerprint density at radius 3 is 2.69 bits per heavy atom. The largest absolute Gasteiger partial charge is 0.493 e. The molecule has 0 saturated carbocycles. The lowest BCUT2D eigenvalue weighted by Crippen LogP contribution is -2.34. The summed E-state index contributed by atoms with van der Waals surface area (Å²) in [6.07, 6.45) is 1.43. The number of pyridine rings is 1. The predicted molar refractivity (Wildman–Crippen MR) is 113 cm³/mol. The van der Waals surface area contributed by atoms with Gasteiger partial charge < -0.3 is 28.6 Å². The highest BCUT2D eigenvalue weighted by Crippen LogP contribution is 2.56. The van der Waals surface area contributed by atoms with Gasteiger partial charge in [0.05, 0.1) is 32.1 Å². The molecule has 1 aromatic carbocycles. The molecule has 8 nitrogen and oxygen atoms in total. The Bertz CT molecular complexity index is 1120. The van der Waals surface area contributed by atoms with Crippen LogP contribution in [0.25, 0.3) is 11.3 Å². The molecule has 0 unspecified atom stereocenters. The van der Waals surface area contributed by atoms with E-state index in [1.165, 1.54) is 13.3 Å². The molecule has 2 aliphatic heterocycles. The van der Waals surface area contributed by atoms with Gasteiger partial charge in [0.25, 0.3) is 0 Å². The van der Waals surface area contributed by atoms with Crippen molar-refractivity contribution in [3.8, 4) is 22.8 Å². The minimum Gasteiger partial charge on any atom is -0.493 e. The summed E-state index contributed by atoms with van der Waals surface area (Å²) in [5.41, 5.74) is -1.08. The first-order valence-electron chi connectivity index (χ1n) is 10.3. The second-order valence-electron chi connectivity index (χ2n) is 8.70. The van der Waals surface area contributed by atoms with Gasteiger partial charge in [0.2, 0.25) is 5.43 Å². The molecule has 3 heterocycles. The summed E-state index contributed by atoms with van der Waals surface area (Å²) in [6.45, 7) is 5.26. The molecule has 9 heteroatoms. The number of fused-ring (bicyclic) bond motifs is 6. The first-order valence-corrected chi connectivity index (χ1v) is 10.3. The van der Waals surface area contributed by atoms with Gasteiger partial charge in [0, 0.05) is 37.3 Å². The van der Waals surface area contributed by atoms with Crippen molar-refractivity contribution < 1.29 is 33.2 Å². The molecular formula is C23H26FNO7. The van der Waals surface area contributed by atoms with Crippen LogP contribution in [0, 0.1) is 11.2 Å². The number of benzene rings is 1. The first-order chi connectivity index (χ1) is 15.2. The summed E-state index contributed by atoms with van der Waals surface area (Å²) < 4.78 is 39.4. The number of nitrogens with zero attached hydrogens (tertiary/aromatic N) is 1. The second-order valence-corrected chi connectivity index (χ2v) is 8.70. The quantitative estimate of drug-likeness (QED) is 0.650. The van der Waals surface area contributed by atoms with E-state index in [9.17, 15) is 14.7 Å². The Kier molecular flexibility index (Phi) is 5.72. The summed E-state index contributed by atoms with van der Waals surface area (Å²) in [7, 11) is 3.09. The van der Waals surface area contributed by atoms with Crippen LogP contribution in [0.15, 0.2) is 23.1 Å². The number of aromatic carboxylic acids is 1. The number of ether oxygens (including phenoxy) is 4. The minimum atomic E-state index is -1.47. The lowest BCUT2D eigenvalue weighted by Gasteiger charge is -2.38. The van der Waals surface area contributed by atoms with Crippen molar-refractivity contribution in [1.82, 2.24) is 4.57 Å². The number of rotatable bonds is 7. The third-order valence-corrected chi connectivity index (χ3v) is 6.08. The molecule has 0 spiro atoms. The smallest absolute Gasteiger partial charge is 0.341 e. The zero-order valence-electron chi connectivity index (χ0n) is 18.4. The zero-order valence-corrected chi connectivity index (χ0v) is 18.4. The summed E-state index contributed by atoms with van der Waals surface area (Å²) in [5.74, 6) is -1.73. The molecule has 0 amide bonds. The number of aromatic nitrogens is 1. The number of carboxylic acid groups (broad SMARTS) is 1. The maximum atomic E-state index is 15.4. The predicted octanol–water partition coefficient (Wildman–Crippen LogP) is 3.43. The van der Waals surface area contributed by atoms with E-state index in [0.717, 1.165) is 0 Å². The van der Waals surface area contributed by atoms with Gasteiger partial charge in [0.1, 0.15) is 11.7 Å². The van der Waals surface area contributed by atoms with Gasteiger partial charge in [0.15, 0.2) is 17.3 Å². The van der Waals surface area contributed by atoms with E-state index in [0.29, 0.717) is 48.9 Å². The number of carboxylic acids is 1. The van der Waals surface area contributed by atoms with Crippen LogP contribution in [-0.2, 0) is 9.47 Å². The van der Waals surface area contributed by atoms with Crippen molar-refractivity contribution in [3.05, 3.63) is 45.5 Å². The van der Waals surface area contributed by atoms with E-state index >= 15 is 4.39 Å². The van der Waals surface area contributed by atoms with Crippen LogP contribution in [0.1, 0.15) is 48.3 Å². The van der Waals surface area contributed by atoms with Gasteiger partial charge in [-0.15, -0.1) is 0 Å². The molecule has 2 atom stereocenters. The first kappa shape index (κ1) is 22.3. The van der Waals surface area contributed by atoms with Gasteiger partial charge in [-0.3, -0.25) is 4.79 Å². The third kappa shape index (κ3) is 3.45. The van der Waals surface area contributed by atoms with E-state index in [2.05, 4.69) is 0 Å². The monoisotopic (exact) mass is 447 g/mol. The number of hydrogen-bond acceptors (Lipinski definition) is 6. The van der Waals surface area contributed by atoms with Crippen molar-refractivity contribution >= 4 is 5.97 Å². The summed E-state index contributed by atoms with van der Waals surface area (Å²) in [4.78, 5) is 24.1. The van der Waals surface area contributed by atoms with E-state index in [-0.39, 0.29) is 5.69 Å². The number of hydrogen-bond donors (Lipinski definition) is 1. The van der Waals surface area contributed by atoms with Crippen LogP contribution in [0.3, 0.4) is 0 Å². The third-order valence-electron chi connectivity index (χ3n) is 6.08. The van der Waals surface area contributed by atoms with Gasteiger partial charge in [-0.2, -0.15) is 0 Å². The second kappa shape index (κ2) is 8.22. The minimum absolute atomic E-state index is 0.0269. The van der Waals surface area contributed by atoms with E-state index in [4.69, 9.17) is 18.9 Å². The number of halogens is 1. The van der Waals surface area contributed by atoms with Crippen LogP contribution in [0.5, 0.6) is 11.5 Å². The highest BCUT2D eigenvalue weighted by atomic mass is 19.1. The van der Waals surface area contributed by atoms with E-state index in [1.54, 1.807) is 23.8 Å². The number of methoxy groups -OCH3 is 2. The average Bonchev–Trinajstić information content (AvgIpc) is 3.08. The molecule has 0 aliphatic carbocycles. The summed E-state index contributed by atoms with van der Waals surface area (Å²) >= 11 is 0. The van der Waals surface area contributed by atoms with E-state index < -0.39 is 40.3 Å². The molecule has 4 rings (SSSR count). The van der Waals surface area contributed by atoms with Crippen molar-refractivity contribution in [2.45, 2.75) is 32.4 Å². The SMILES string of the molecule is COCCCOc1cc2c(cc1OC)-c1c(F)c(=O)c(C(=O)O)cn1[C@@H]1[C@H]2OCC1(C)C. The summed E-state index contributed by atoms with van der Waals surface area (Å²) in [6, 6.07) is 2.96. The fourth-order valence-electron chi connectivity index (χ4n) is 4.58. The highest BCUT2D eigenvalue weighted by Gasteiger charge is 2.50.